The third kappa shape index (κ3) is 13.0. The van der Waals surface area contributed by atoms with E-state index in [1.807, 2.05) is 60.7 Å². The molecule has 9 rings (SSSR count). The third-order valence-electron chi connectivity index (χ3n) is 10.7. The van der Waals surface area contributed by atoms with Crippen molar-refractivity contribution in [1.29, 1.82) is 0 Å². The summed E-state index contributed by atoms with van der Waals surface area (Å²) in [6, 6.07) is 76.4. The van der Waals surface area contributed by atoms with Crippen LogP contribution in [0.3, 0.4) is 0 Å². The van der Waals surface area contributed by atoms with E-state index in [-0.39, 0.29) is 29.7 Å². The van der Waals surface area contributed by atoms with Gasteiger partial charge in [-0.3, -0.25) is 0 Å². The topological polar surface area (TPSA) is 114 Å². The van der Waals surface area contributed by atoms with Gasteiger partial charge >= 0.3 is 12.4 Å². The first-order valence-corrected chi connectivity index (χ1v) is 25.4. The lowest BCUT2D eigenvalue weighted by Gasteiger charge is -2.27. The zero-order valence-electron chi connectivity index (χ0n) is 37.8. The molecule has 7 nitrogen and oxygen atoms in total. The molecule has 0 aliphatic heterocycles. The van der Waals surface area contributed by atoms with Gasteiger partial charge in [-0.15, -0.1) is 0 Å². The van der Waals surface area contributed by atoms with Crippen LogP contribution in [0.5, 0.6) is 28.7 Å². The molecule has 364 valence electrons. The van der Waals surface area contributed by atoms with Crippen LogP contribution in [0.15, 0.2) is 249 Å². The minimum absolute atomic E-state index is 0.141. The van der Waals surface area contributed by atoms with E-state index in [0.29, 0.717) is 0 Å². The monoisotopic (exact) mass is 1010 g/mol. The van der Waals surface area contributed by atoms with Crippen molar-refractivity contribution >= 4 is 54.1 Å². The van der Waals surface area contributed by atoms with Crippen molar-refractivity contribution in [1.82, 2.24) is 0 Å². The van der Waals surface area contributed by atoms with E-state index in [2.05, 4.69) is 150 Å². The second-order valence-electron chi connectivity index (χ2n) is 15.6. The molecule has 16 heteroatoms. The number of benzene rings is 9. The van der Waals surface area contributed by atoms with Gasteiger partial charge in [0.1, 0.15) is 50.6 Å². The fourth-order valence-electron chi connectivity index (χ4n) is 7.47. The van der Waals surface area contributed by atoms with Crippen molar-refractivity contribution in [2.24, 2.45) is 0 Å². The van der Waals surface area contributed by atoms with Gasteiger partial charge in [-0.1, -0.05) is 109 Å². The van der Waals surface area contributed by atoms with Crippen molar-refractivity contribution in [3.63, 3.8) is 0 Å². The first-order valence-electron chi connectivity index (χ1n) is 21.9. The van der Waals surface area contributed by atoms with Crippen LogP contribution in [-0.4, -0.2) is 17.5 Å². The molecule has 0 heterocycles. The molecule has 0 radical (unpaired) electrons. The molecular weight excluding hydrogens is 971 g/mol. The van der Waals surface area contributed by atoms with E-state index < -0.39 is 51.5 Å². The van der Waals surface area contributed by atoms with Crippen LogP contribution >= 0.6 is 15.0 Å². The lowest BCUT2D eigenvalue weighted by molar-refractivity contribution is -0.372. The number of aromatic hydroxyl groups is 2. The van der Waals surface area contributed by atoms with E-state index >= 15 is 0 Å². The van der Waals surface area contributed by atoms with E-state index in [4.69, 9.17) is 9.05 Å². The molecule has 0 atom stereocenters. The Morgan fingerprint density at radius 1 is 0.333 bits per heavy atom. The quantitative estimate of drug-likeness (QED) is 0.0712. The molecule has 0 amide bonds. The summed E-state index contributed by atoms with van der Waals surface area (Å²) in [5, 5.41) is 46.4. The Labute approximate surface area is 413 Å². The zero-order chi connectivity index (χ0) is 51.2. The normalized spacial score (nSPS) is 11.4. The SMILES string of the molecule is Oc1ccc(O[P+](c2ccccc2)(c2ccccc2)c2ccccc2)cc1.Oc1ccc(O[P+](c2ccccc2)(c2ccccc2)c2ccccc2)cc1.[O-]B([O-])Oc1cc(C(F)(F)F)cc(C(F)(F)F)c1. The van der Waals surface area contributed by atoms with Crippen LogP contribution in [0.25, 0.3) is 0 Å². The molecule has 0 saturated heterocycles. The van der Waals surface area contributed by atoms with Crippen LogP contribution in [-0.2, 0) is 12.4 Å². The Hall–Kier alpha value is -7.60. The standard InChI is InChI=1S/2C24H19O2P.C8H3BF6O3/c2*25-20-16-18-21(19-17-20)26-27(22-10-4-1-5-11-22,23-12-6-2-7-13-23)24-14-8-3-9-15-24;10-7(11,12)4-1-5(8(13,14)15)3-6(2-4)18-9(16)17/h2*1-19H;1-3H/q;;-2/p+2. The number of rotatable bonds is 12. The van der Waals surface area contributed by atoms with Crippen molar-refractivity contribution in [3.8, 4) is 28.7 Å². The zero-order valence-corrected chi connectivity index (χ0v) is 39.6. The highest BCUT2D eigenvalue weighted by atomic mass is 31.2. The number of phenolic OH excluding ortho intramolecular Hbond substituents is 2. The highest BCUT2D eigenvalue weighted by Crippen LogP contribution is 2.57. The summed E-state index contributed by atoms with van der Waals surface area (Å²) in [4.78, 5) is 0. The fraction of sp³-hybridized carbons (Fsp3) is 0.0357. The average molecular weight is 1010 g/mol. The van der Waals surface area contributed by atoms with Gasteiger partial charge in [0, 0.05) is 0 Å². The van der Waals surface area contributed by atoms with Crippen molar-refractivity contribution in [2.45, 2.75) is 12.4 Å². The van der Waals surface area contributed by atoms with Crippen LogP contribution < -0.4 is 55.6 Å². The second-order valence-corrected chi connectivity index (χ2v) is 21.5. The maximum atomic E-state index is 12.3. The molecule has 0 saturated carbocycles. The van der Waals surface area contributed by atoms with Gasteiger partial charge in [0.05, 0.1) is 16.9 Å². The number of hydrogen-bond donors (Lipinski definition) is 2. The molecule has 0 spiro atoms. The van der Waals surface area contributed by atoms with E-state index in [1.54, 1.807) is 24.3 Å². The van der Waals surface area contributed by atoms with Gasteiger partial charge in [-0.2, -0.15) is 26.3 Å². The van der Waals surface area contributed by atoms with Crippen LogP contribution in [0.2, 0.25) is 0 Å². The lowest BCUT2D eigenvalue weighted by atomic mass is 10.1. The Balaban J connectivity index is 0.000000162. The fourth-order valence-corrected chi connectivity index (χ4v) is 14.3. The summed E-state index contributed by atoms with van der Waals surface area (Å²) in [7, 11) is -7.76. The smallest absolute Gasteiger partial charge is 0.416 e. The van der Waals surface area contributed by atoms with Gasteiger partial charge in [0.2, 0.25) is 0 Å². The molecule has 0 aromatic heterocycles. The molecule has 0 unspecified atom stereocenters. The first-order chi connectivity index (χ1) is 34.6. The summed E-state index contributed by atoms with van der Waals surface area (Å²) in [5.74, 6) is 0.846. The molecule has 72 heavy (non-hydrogen) atoms. The molecule has 9 aromatic carbocycles. The van der Waals surface area contributed by atoms with Crippen LogP contribution in [0.4, 0.5) is 26.3 Å². The number of hydrogen-bond acceptors (Lipinski definition) is 7. The summed E-state index contributed by atoms with van der Waals surface area (Å²) in [5.41, 5.74) is -3.32. The van der Waals surface area contributed by atoms with Crippen molar-refractivity contribution in [3.05, 3.63) is 260 Å². The molecule has 0 fully saturated rings. The third-order valence-corrected chi connectivity index (χ3v) is 17.8. The summed E-state index contributed by atoms with van der Waals surface area (Å²) in [6.45, 7) is 0. The number of halogens is 6. The maximum absolute atomic E-state index is 12.3. The highest BCUT2D eigenvalue weighted by molar-refractivity contribution is 7.92. The summed E-state index contributed by atoms with van der Waals surface area (Å²) in [6.07, 6.45) is -10.1. The van der Waals surface area contributed by atoms with Crippen LogP contribution in [0.1, 0.15) is 11.1 Å². The first kappa shape index (κ1) is 52.2. The van der Waals surface area contributed by atoms with Crippen molar-refractivity contribution < 1.29 is 60.3 Å². The predicted octanol–water partition coefficient (Wildman–Crippen LogP) is 10.2. The number of alkyl halides is 6. The molecule has 2 N–H and O–H groups in total. The van der Waals surface area contributed by atoms with Gasteiger partial charge < -0.3 is 34.0 Å². The Morgan fingerprint density at radius 3 is 0.778 bits per heavy atom. The highest BCUT2D eigenvalue weighted by Gasteiger charge is 2.51. The average Bonchev–Trinajstić information content (AvgIpc) is 3.39. The van der Waals surface area contributed by atoms with Gasteiger partial charge in [0.15, 0.2) is 11.5 Å². The van der Waals surface area contributed by atoms with Crippen molar-refractivity contribution in [2.75, 3.05) is 0 Å². The molecule has 0 bridgehead atoms. The van der Waals surface area contributed by atoms with Gasteiger partial charge in [0.25, 0.3) is 15.0 Å². The summed E-state index contributed by atoms with van der Waals surface area (Å²) < 4.78 is 91.2. The Kier molecular flexibility index (Phi) is 17.1. The number of phenols is 2. The van der Waals surface area contributed by atoms with E-state index in [1.165, 1.54) is 0 Å². The maximum Gasteiger partial charge on any atom is 0.416 e. The molecule has 0 aliphatic carbocycles. The Bertz CT molecular complexity index is 2660. The molecular formula is C56H43BF6O7P2. The summed E-state index contributed by atoms with van der Waals surface area (Å²) >= 11 is 0. The van der Waals surface area contributed by atoms with Gasteiger partial charge in [-0.25, -0.2) is 0 Å². The Morgan fingerprint density at radius 2 is 0.569 bits per heavy atom. The molecule has 0 aliphatic rings. The van der Waals surface area contributed by atoms with Crippen LogP contribution in [0, 0.1) is 0 Å². The van der Waals surface area contributed by atoms with E-state index in [0.717, 1.165) is 43.3 Å². The van der Waals surface area contributed by atoms with Gasteiger partial charge in [-0.05, 0) is 140 Å². The second kappa shape index (κ2) is 23.5. The minimum Gasteiger partial charge on any atom is -0.860 e. The predicted molar refractivity (Wildman–Crippen MR) is 271 cm³/mol. The lowest BCUT2D eigenvalue weighted by Crippen LogP contribution is -2.50. The minimum atomic E-state index is -5.05. The largest absolute Gasteiger partial charge is 0.860 e. The van der Waals surface area contributed by atoms with E-state index in [9.17, 15) is 46.6 Å². The molecule has 9 aromatic rings.